The fourth-order valence-corrected chi connectivity index (χ4v) is 2.41. The van der Waals surface area contributed by atoms with Crippen LogP contribution in [0.4, 0.5) is 24.5 Å². The molecule has 2 N–H and O–H groups in total. The molecule has 18 heavy (non-hydrogen) atoms. The molecule has 5 heteroatoms. The Bertz CT molecular complexity index is 421. The van der Waals surface area contributed by atoms with E-state index in [2.05, 4.69) is 0 Å². The second-order valence-electron chi connectivity index (χ2n) is 4.85. The SMILES string of the molecule is Cc1ccc(N)cc1N1CCC(C(F)(F)F)CC1. The van der Waals surface area contributed by atoms with Gasteiger partial charge in [0.15, 0.2) is 0 Å². The van der Waals surface area contributed by atoms with Gasteiger partial charge >= 0.3 is 6.18 Å². The van der Waals surface area contributed by atoms with E-state index in [4.69, 9.17) is 5.73 Å². The van der Waals surface area contributed by atoms with Crippen molar-refractivity contribution in [3.63, 3.8) is 0 Å². The zero-order valence-electron chi connectivity index (χ0n) is 10.3. The van der Waals surface area contributed by atoms with Gasteiger partial charge in [-0.05, 0) is 37.5 Å². The van der Waals surface area contributed by atoms with Crippen molar-refractivity contribution < 1.29 is 13.2 Å². The van der Waals surface area contributed by atoms with E-state index < -0.39 is 12.1 Å². The van der Waals surface area contributed by atoms with Gasteiger partial charge < -0.3 is 10.6 Å². The van der Waals surface area contributed by atoms with Gasteiger partial charge in [-0.3, -0.25) is 0 Å². The molecule has 1 aliphatic rings. The number of alkyl halides is 3. The molecular weight excluding hydrogens is 241 g/mol. The van der Waals surface area contributed by atoms with E-state index in [0.717, 1.165) is 11.3 Å². The molecule has 0 radical (unpaired) electrons. The van der Waals surface area contributed by atoms with Crippen molar-refractivity contribution >= 4 is 11.4 Å². The van der Waals surface area contributed by atoms with Crippen LogP contribution in [-0.4, -0.2) is 19.3 Å². The minimum Gasteiger partial charge on any atom is -0.399 e. The lowest BCUT2D eigenvalue weighted by molar-refractivity contribution is -0.179. The lowest BCUT2D eigenvalue weighted by Gasteiger charge is -2.35. The molecule has 1 aromatic rings. The van der Waals surface area contributed by atoms with Crippen molar-refractivity contribution in [2.24, 2.45) is 5.92 Å². The third-order valence-corrected chi connectivity index (χ3v) is 3.53. The van der Waals surface area contributed by atoms with E-state index in [1.807, 2.05) is 24.0 Å². The molecule has 2 nitrogen and oxygen atoms in total. The molecule has 0 aromatic heterocycles. The Balaban J connectivity index is 2.08. The molecule has 1 fully saturated rings. The third-order valence-electron chi connectivity index (χ3n) is 3.53. The van der Waals surface area contributed by atoms with Crippen molar-refractivity contribution in [1.29, 1.82) is 0 Å². The molecule has 0 atom stereocenters. The van der Waals surface area contributed by atoms with E-state index >= 15 is 0 Å². The second-order valence-corrected chi connectivity index (χ2v) is 4.85. The molecule has 1 aliphatic heterocycles. The van der Waals surface area contributed by atoms with Gasteiger partial charge in [0.05, 0.1) is 5.92 Å². The molecule has 0 spiro atoms. The van der Waals surface area contributed by atoms with Crippen molar-refractivity contribution in [2.45, 2.75) is 25.9 Å². The van der Waals surface area contributed by atoms with Crippen LogP contribution in [0, 0.1) is 12.8 Å². The zero-order valence-corrected chi connectivity index (χ0v) is 10.3. The van der Waals surface area contributed by atoms with Gasteiger partial charge in [0.1, 0.15) is 0 Å². The first-order valence-corrected chi connectivity index (χ1v) is 6.05. The zero-order chi connectivity index (χ0) is 13.3. The summed E-state index contributed by atoms with van der Waals surface area (Å²) in [4.78, 5) is 1.99. The Morgan fingerprint density at radius 1 is 1.22 bits per heavy atom. The number of rotatable bonds is 1. The molecule has 0 bridgehead atoms. The molecule has 100 valence electrons. The number of halogens is 3. The van der Waals surface area contributed by atoms with E-state index in [-0.39, 0.29) is 12.8 Å². The van der Waals surface area contributed by atoms with Gasteiger partial charge in [-0.15, -0.1) is 0 Å². The summed E-state index contributed by atoms with van der Waals surface area (Å²) in [7, 11) is 0. The minimum atomic E-state index is -4.06. The number of nitrogen functional groups attached to an aromatic ring is 1. The molecule has 1 saturated heterocycles. The van der Waals surface area contributed by atoms with Crippen LogP contribution in [0.1, 0.15) is 18.4 Å². The highest BCUT2D eigenvalue weighted by Crippen LogP contribution is 2.36. The van der Waals surface area contributed by atoms with Crippen molar-refractivity contribution in [1.82, 2.24) is 0 Å². The lowest BCUT2D eigenvalue weighted by Crippen LogP contribution is -2.39. The summed E-state index contributed by atoms with van der Waals surface area (Å²) in [5.74, 6) is -1.16. The average Bonchev–Trinajstić information content (AvgIpc) is 2.31. The summed E-state index contributed by atoms with van der Waals surface area (Å²) in [6.45, 7) is 2.83. The Hall–Kier alpha value is -1.39. The van der Waals surface area contributed by atoms with Gasteiger partial charge in [-0.1, -0.05) is 6.07 Å². The van der Waals surface area contributed by atoms with Crippen molar-refractivity contribution in [2.75, 3.05) is 23.7 Å². The van der Waals surface area contributed by atoms with E-state index in [9.17, 15) is 13.2 Å². The van der Waals surface area contributed by atoms with Crippen molar-refractivity contribution in [3.8, 4) is 0 Å². The van der Waals surface area contributed by atoms with Crippen LogP contribution in [0.2, 0.25) is 0 Å². The Morgan fingerprint density at radius 3 is 2.39 bits per heavy atom. The average molecular weight is 258 g/mol. The Kier molecular flexibility index (Phi) is 3.41. The number of piperidine rings is 1. The van der Waals surface area contributed by atoms with Gasteiger partial charge in [-0.2, -0.15) is 13.2 Å². The largest absolute Gasteiger partial charge is 0.399 e. The number of aryl methyl sites for hydroxylation is 1. The molecule has 0 amide bonds. The number of nitrogens with zero attached hydrogens (tertiary/aromatic N) is 1. The lowest BCUT2D eigenvalue weighted by atomic mass is 9.95. The predicted molar refractivity (Wildman–Crippen MR) is 66.6 cm³/mol. The summed E-state index contributed by atoms with van der Waals surface area (Å²) in [5.41, 5.74) is 8.38. The third kappa shape index (κ3) is 2.71. The Morgan fingerprint density at radius 2 is 1.83 bits per heavy atom. The highest BCUT2D eigenvalue weighted by Gasteiger charge is 2.41. The topological polar surface area (TPSA) is 29.3 Å². The maximum Gasteiger partial charge on any atom is 0.391 e. The van der Waals surface area contributed by atoms with E-state index in [1.54, 1.807) is 6.07 Å². The Labute approximate surface area is 105 Å². The number of hydrogen-bond acceptors (Lipinski definition) is 2. The predicted octanol–water partition coefficient (Wildman–Crippen LogP) is 3.36. The van der Waals surface area contributed by atoms with E-state index in [0.29, 0.717) is 18.8 Å². The van der Waals surface area contributed by atoms with Crippen molar-refractivity contribution in [3.05, 3.63) is 23.8 Å². The first-order chi connectivity index (χ1) is 8.38. The summed E-state index contributed by atoms with van der Waals surface area (Å²) < 4.78 is 37.7. The van der Waals surface area contributed by atoms with Crippen LogP contribution in [0.5, 0.6) is 0 Å². The van der Waals surface area contributed by atoms with Crippen LogP contribution < -0.4 is 10.6 Å². The maximum absolute atomic E-state index is 12.6. The molecule has 1 heterocycles. The first kappa shape index (κ1) is 13.1. The fourth-order valence-electron chi connectivity index (χ4n) is 2.41. The molecule has 0 aliphatic carbocycles. The van der Waals surface area contributed by atoms with Crippen LogP contribution in [0.3, 0.4) is 0 Å². The standard InChI is InChI=1S/C13H17F3N2/c1-9-2-3-11(17)8-12(9)18-6-4-10(5-7-18)13(14,15)16/h2-3,8,10H,4-7,17H2,1H3. The first-order valence-electron chi connectivity index (χ1n) is 6.05. The van der Waals surface area contributed by atoms with Gasteiger partial charge in [0.2, 0.25) is 0 Å². The summed E-state index contributed by atoms with van der Waals surface area (Å²) in [6.07, 6.45) is -3.73. The highest BCUT2D eigenvalue weighted by atomic mass is 19.4. The highest BCUT2D eigenvalue weighted by molar-refractivity contribution is 5.61. The fraction of sp³-hybridized carbons (Fsp3) is 0.538. The molecule has 0 saturated carbocycles. The number of hydrogen-bond donors (Lipinski definition) is 1. The molecular formula is C13H17F3N2. The summed E-state index contributed by atoms with van der Waals surface area (Å²) in [5, 5.41) is 0. The van der Waals surface area contributed by atoms with Gasteiger partial charge in [-0.25, -0.2) is 0 Å². The second kappa shape index (κ2) is 4.71. The van der Waals surface area contributed by atoms with Gasteiger partial charge in [0, 0.05) is 24.5 Å². The number of nitrogens with two attached hydrogens (primary N) is 1. The van der Waals surface area contributed by atoms with Crippen LogP contribution in [0.25, 0.3) is 0 Å². The van der Waals surface area contributed by atoms with Crippen LogP contribution in [0.15, 0.2) is 18.2 Å². The summed E-state index contributed by atoms with van der Waals surface area (Å²) in [6, 6.07) is 5.55. The van der Waals surface area contributed by atoms with Crippen LogP contribution in [-0.2, 0) is 0 Å². The molecule has 0 unspecified atom stereocenters. The molecule has 1 aromatic carbocycles. The number of anilines is 2. The maximum atomic E-state index is 12.6. The quantitative estimate of drug-likeness (QED) is 0.783. The summed E-state index contributed by atoms with van der Waals surface area (Å²) >= 11 is 0. The normalized spacial score (nSPS) is 18.1. The monoisotopic (exact) mass is 258 g/mol. The smallest absolute Gasteiger partial charge is 0.391 e. The van der Waals surface area contributed by atoms with Gasteiger partial charge in [0.25, 0.3) is 0 Å². The van der Waals surface area contributed by atoms with E-state index in [1.165, 1.54) is 0 Å². The molecule has 2 rings (SSSR count). The number of benzene rings is 1. The van der Waals surface area contributed by atoms with Crippen LogP contribution >= 0.6 is 0 Å². The minimum absolute atomic E-state index is 0.164.